The first kappa shape index (κ1) is 22.7. The molecule has 0 bridgehead atoms. The molecule has 0 radical (unpaired) electrons. The van der Waals surface area contributed by atoms with Gasteiger partial charge in [0, 0.05) is 6.92 Å². The molecule has 6 heteroatoms. The summed E-state index contributed by atoms with van der Waals surface area (Å²) in [7, 11) is 0. The highest BCUT2D eigenvalue weighted by molar-refractivity contribution is 4.64. The average Bonchev–Trinajstić information content (AvgIpc) is 1.31. The second kappa shape index (κ2) is 6.70. The van der Waals surface area contributed by atoms with Crippen LogP contribution in [0.3, 0.4) is 0 Å². The Morgan fingerprint density at radius 1 is 1.10 bits per heavy atom. The van der Waals surface area contributed by atoms with Gasteiger partial charge < -0.3 is 0 Å². The second-order valence-corrected chi connectivity index (χ2v) is 1.57. The lowest BCUT2D eigenvalue weighted by atomic mass is 10.3. The van der Waals surface area contributed by atoms with Crippen LogP contribution in [0.15, 0.2) is 0 Å². The molecule has 68 valence electrons. The van der Waals surface area contributed by atoms with Crippen LogP contribution in [-0.2, 0) is 0 Å². The van der Waals surface area contributed by atoms with Gasteiger partial charge in [-0.25, -0.2) is 13.2 Å². The van der Waals surface area contributed by atoms with E-state index >= 15 is 0 Å². The Bertz CT molecular complexity index is 55.3. The molecule has 0 nitrogen and oxygen atoms in total. The van der Waals surface area contributed by atoms with Crippen molar-refractivity contribution in [1.29, 1.82) is 0 Å². The molecule has 0 aromatic rings. The molecule has 0 spiro atoms. The van der Waals surface area contributed by atoms with Crippen LogP contribution in [0.4, 0.5) is 27.3 Å². The van der Waals surface area contributed by atoms with Crippen LogP contribution in [0, 0.1) is 0 Å². The number of hydrogen-bond donors (Lipinski definition) is 0. The van der Waals surface area contributed by atoms with Gasteiger partial charge in [-0.05, 0) is 6.92 Å². The monoisotopic (exact) mass is 172 g/mol. The molecule has 0 aliphatic rings. The van der Waals surface area contributed by atoms with E-state index in [2.05, 4.69) is 0 Å². The first-order chi connectivity index (χ1) is 2.94. The van der Waals surface area contributed by atoms with Gasteiger partial charge in [-0.1, -0.05) is 0 Å². The van der Waals surface area contributed by atoms with Gasteiger partial charge in [0.25, 0.3) is 5.92 Å². The predicted octanol–water partition coefficient (Wildman–Crippen LogP) is 2.46. The minimum Gasteiger partial charge on any atom is -0.269 e. The molecule has 0 saturated carbocycles. The van der Waals surface area contributed by atoms with Crippen molar-refractivity contribution in [3.63, 3.8) is 0 Å². The fourth-order valence-corrected chi connectivity index (χ4v) is 0. The van der Waals surface area contributed by atoms with E-state index in [9.17, 15) is 13.2 Å². The molecule has 0 aromatic carbocycles. The summed E-state index contributed by atoms with van der Waals surface area (Å²) in [5.74, 6) is -3.17. The third kappa shape index (κ3) is 10.5. The van der Waals surface area contributed by atoms with Crippen LogP contribution in [-0.4, -0.2) is 12.1 Å². The topological polar surface area (TPSA) is 0 Å². The molecule has 0 saturated heterocycles. The SMILES string of the molecule is CC(F)C(C)(F)F.F.F.F. The third-order valence-corrected chi connectivity index (χ3v) is 0.698. The van der Waals surface area contributed by atoms with Crippen molar-refractivity contribution in [3.05, 3.63) is 0 Å². The van der Waals surface area contributed by atoms with Crippen LogP contribution in [0.2, 0.25) is 0 Å². The molecule has 0 amide bonds. The smallest absolute Gasteiger partial charge is 0.269 e. The summed E-state index contributed by atoms with van der Waals surface area (Å²) >= 11 is 0. The Morgan fingerprint density at radius 2 is 1.20 bits per heavy atom. The third-order valence-electron chi connectivity index (χ3n) is 0.698. The minimum absolute atomic E-state index is 0. The zero-order valence-corrected chi connectivity index (χ0v) is 5.44. The highest BCUT2D eigenvalue weighted by Crippen LogP contribution is 2.18. The number of hydrogen-bond acceptors (Lipinski definition) is 0. The average molecular weight is 172 g/mol. The predicted molar refractivity (Wildman–Crippen MR) is 28.7 cm³/mol. The normalized spacial score (nSPS) is 11.7. The van der Waals surface area contributed by atoms with Crippen LogP contribution in [0.1, 0.15) is 13.8 Å². The summed E-state index contributed by atoms with van der Waals surface area (Å²) in [6, 6.07) is 0. The highest BCUT2D eigenvalue weighted by atomic mass is 19.3. The van der Waals surface area contributed by atoms with E-state index in [0.717, 1.165) is 6.92 Å². The minimum atomic E-state index is -3.17. The largest absolute Gasteiger partial charge is 0.275 e. The van der Waals surface area contributed by atoms with E-state index in [1.807, 2.05) is 0 Å². The molecule has 0 fully saturated rings. The molecule has 0 aliphatic heterocycles. The van der Waals surface area contributed by atoms with Crippen molar-refractivity contribution in [2.75, 3.05) is 0 Å². The van der Waals surface area contributed by atoms with E-state index < -0.39 is 12.1 Å². The quantitative estimate of drug-likeness (QED) is 0.533. The fourth-order valence-electron chi connectivity index (χ4n) is 0. The molecule has 1 unspecified atom stereocenters. The summed E-state index contributed by atoms with van der Waals surface area (Å²) < 4.78 is 34.4. The van der Waals surface area contributed by atoms with Crippen molar-refractivity contribution in [1.82, 2.24) is 0 Å². The Morgan fingerprint density at radius 3 is 1.20 bits per heavy atom. The first-order valence-electron chi connectivity index (χ1n) is 1.96. The number of alkyl halides is 3. The Kier molecular flexibility index (Phi) is 15.2. The van der Waals surface area contributed by atoms with Gasteiger partial charge in [-0.2, -0.15) is 0 Å². The van der Waals surface area contributed by atoms with Gasteiger partial charge in [0.15, 0.2) is 6.17 Å². The van der Waals surface area contributed by atoms with Crippen molar-refractivity contribution >= 4 is 0 Å². The van der Waals surface area contributed by atoms with Crippen LogP contribution in [0.25, 0.3) is 0 Å². The second-order valence-electron chi connectivity index (χ2n) is 1.57. The first-order valence-corrected chi connectivity index (χ1v) is 1.96. The fraction of sp³-hybridized carbons (Fsp3) is 1.00. The van der Waals surface area contributed by atoms with Gasteiger partial charge in [0.1, 0.15) is 0 Å². The highest BCUT2D eigenvalue weighted by Gasteiger charge is 2.29. The Labute approximate surface area is 54.5 Å². The van der Waals surface area contributed by atoms with Crippen LogP contribution >= 0.6 is 0 Å². The molecule has 0 aromatic heterocycles. The Hall–Kier alpha value is -0.420. The number of halogens is 6. The lowest BCUT2D eigenvalue weighted by Crippen LogP contribution is -2.21. The van der Waals surface area contributed by atoms with Crippen molar-refractivity contribution in [2.24, 2.45) is 0 Å². The van der Waals surface area contributed by atoms with Gasteiger partial charge in [0.2, 0.25) is 0 Å². The van der Waals surface area contributed by atoms with E-state index in [1.165, 1.54) is 0 Å². The summed E-state index contributed by atoms with van der Waals surface area (Å²) in [6.07, 6.45) is -2.03. The summed E-state index contributed by atoms with van der Waals surface area (Å²) in [4.78, 5) is 0. The van der Waals surface area contributed by atoms with E-state index in [4.69, 9.17) is 0 Å². The maximum atomic E-state index is 11.5. The molecule has 0 rings (SSSR count). The summed E-state index contributed by atoms with van der Waals surface area (Å²) in [5, 5.41) is 0. The molecule has 1 atom stereocenters. The zero-order chi connectivity index (χ0) is 6.08. The van der Waals surface area contributed by atoms with E-state index in [-0.39, 0.29) is 14.1 Å². The lowest BCUT2D eigenvalue weighted by Gasteiger charge is -2.09. The van der Waals surface area contributed by atoms with Crippen molar-refractivity contribution in [3.8, 4) is 0 Å². The van der Waals surface area contributed by atoms with Crippen LogP contribution in [0.5, 0.6) is 0 Å². The van der Waals surface area contributed by atoms with E-state index in [1.54, 1.807) is 0 Å². The van der Waals surface area contributed by atoms with Crippen molar-refractivity contribution in [2.45, 2.75) is 25.9 Å². The lowest BCUT2D eigenvalue weighted by molar-refractivity contribution is -0.0469. The maximum absolute atomic E-state index is 11.5. The van der Waals surface area contributed by atoms with Crippen LogP contribution < -0.4 is 0 Å². The van der Waals surface area contributed by atoms with Gasteiger partial charge in [-0.3, -0.25) is 14.1 Å². The van der Waals surface area contributed by atoms with Crippen molar-refractivity contribution < 1.29 is 27.3 Å². The van der Waals surface area contributed by atoms with Gasteiger partial charge >= 0.3 is 0 Å². The summed E-state index contributed by atoms with van der Waals surface area (Å²) in [5.41, 5.74) is 0. The summed E-state index contributed by atoms with van der Waals surface area (Å²) in [6.45, 7) is 1.39. The Balaban J connectivity index is -0.0000000600. The molecular formula is C4H10F6. The number of rotatable bonds is 1. The standard InChI is InChI=1S/C4H7F3.3FH/c1-3(5)4(2,6)7;;;/h3H,1-2H3;3*1H. The zero-order valence-electron chi connectivity index (χ0n) is 5.44. The van der Waals surface area contributed by atoms with Gasteiger partial charge in [0.05, 0.1) is 0 Å². The van der Waals surface area contributed by atoms with Gasteiger partial charge in [-0.15, -0.1) is 0 Å². The molecule has 0 heterocycles. The maximum Gasteiger partial charge on any atom is 0.275 e. The molecule has 0 aliphatic carbocycles. The molecule has 10 heavy (non-hydrogen) atoms. The molecular weight excluding hydrogens is 162 g/mol. The van der Waals surface area contributed by atoms with E-state index in [0.29, 0.717) is 6.92 Å². The molecule has 0 N–H and O–H groups in total.